The summed E-state index contributed by atoms with van der Waals surface area (Å²) in [5.41, 5.74) is 2.52. The molecule has 0 bridgehead atoms. The van der Waals surface area contributed by atoms with Gasteiger partial charge in [-0.15, -0.1) is 0 Å². The molecule has 0 saturated carbocycles. The number of aromatic nitrogens is 2. The Morgan fingerprint density at radius 3 is 2.58 bits per heavy atom. The van der Waals surface area contributed by atoms with E-state index >= 15 is 0 Å². The van der Waals surface area contributed by atoms with E-state index in [-0.39, 0.29) is 11.7 Å². The van der Waals surface area contributed by atoms with Gasteiger partial charge < -0.3 is 9.88 Å². The van der Waals surface area contributed by atoms with Gasteiger partial charge in [0.15, 0.2) is 0 Å². The van der Waals surface area contributed by atoms with Crippen molar-refractivity contribution < 1.29 is 9.18 Å². The van der Waals surface area contributed by atoms with Crippen LogP contribution in [0.2, 0.25) is 0 Å². The number of imidazole rings is 1. The van der Waals surface area contributed by atoms with Crippen LogP contribution in [0.3, 0.4) is 0 Å². The standard InChI is InChI=1S/C19H20FN3O/c1-13(2)23-17-6-4-3-5-16(17)22-18(23)11-12-21-19(24)14-7-9-15(20)10-8-14/h3-10,13H,11-12H2,1-2H3,(H,21,24). The fourth-order valence-corrected chi connectivity index (χ4v) is 2.84. The molecule has 0 aliphatic rings. The Balaban J connectivity index is 1.70. The lowest BCUT2D eigenvalue weighted by molar-refractivity contribution is 0.0954. The molecular weight excluding hydrogens is 305 g/mol. The van der Waals surface area contributed by atoms with Crippen LogP contribution < -0.4 is 5.32 Å². The number of benzene rings is 2. The molecule has 1 N–H and O–H groups in total. The second kappa shape index (κ2) is 6.83. The van der Waals surface area contributed by atoms with Crippen LogP contribution in [0.25, 0.3) is 11.0 Å². The summed E-state index contributed by atoms with van der Waals surface area (Å²) in [5.74, 6) is 0.394. The minimum absolute atomic E-state index is 0.206. The SMILES string of the molecule is CC(C)n1c(CCNC(=O)c2ccc(F)cc2)nc2ccccc21. The van der Waals surface area contributed by atoms with Crippen molar-refractivity contribution in [1.29, 1.82) is 0 Å². The summed E-state index contributed by atoms with van der Waals surface area (Å²) in [6.45, 7) is 4.72. The van der Waals surface area contributed by atoms with Gasteiger partial charge >= 0.3 is 0 Å². The molecule has 0 aliphatic heterocycles. The third kappa shape index (κ3) is 3.30. The van der Waals surface area contributed by atoms with E-state index in [4.69, 9.17) is 0 Å². The van der Waals surface area contributed by atoms with Gasteiger partial charge in [0, 0.05) is 24.6 Å². The number of nitrogens with zero attached hydrogens (tertiary/aromatic N) is 2. The van der Waals surface area contributed by atoms with Crippen LogP contribution in [0.15, 0.2) is 48.5 Å². The first-order valence-corrected chi connectivity index (χ1v) is 8.06. The molecule has 0 saturated heterocycles. The number of para-hydroxylation sites is 2. The molecular formula is C19H20FN3O. The number of hydrogen-bond acceptors (Lipinski definition) is 2. The van der Waals surface area contributed by atoms with Crippen LogP contribution in [-0.2, 0) is 6.42 Å². The highest BCUT2D eigenvalue weighted by molar-refractivity contribution is 5.94. The molecule has 2 aromatic carbocycles. The second-order valence-corrected chi connectivity index (χ2v) is 5.99. The number of carbonyl (C=O) groups excluding carboxylic acids is 1. The highest BCUT2D eigenvalue weighted by Gasteiger charge is 2.13. The first-order chi connectivity index (χ1) is 11.6. The predicted molar refractivity (Wildman–Crippen MR) is 92.6 cm³/mol. The van der Waals surface area contributed by atoms with Crippen LogP contribution in [-0.4, -0.2) is 22.0 Å². The van der Waals surface area contributed by atoms with Crippen molar-refractivity contribution in [2.75, 3.05) is 6.54 Å². The summed E-state index contributed by atoms with van der Waals surface area (Å²) in [7, 11) is 0. The molecule has 1 amide bonds. The van der Waals surface area contributed by atoms with Gasteiger partial charge in [0.05, 0.1) is 11.0 Å². The van der Waals surface area contributed by atoms with Gasteiger partial charge in [0.2, 0.25) is 0 Å². The van der Waals surface area contributed by atoms with Gasteiger partial charge in [0.25, 0.3) is 5.91 Å². The Bertz CT molecular complexity index is 853. The average Bonchev–Trinajstić information content (AvgIpc) is 2.93. The Kier molecular flexibility index (Phi) is 4.60. The molecule has 1 heterocycles. The molecule has 124 valence electrons. The maximum absolute atomic E-state index is 12.9. The Morgan fingerprint density at radius 2 is 1.88 bits per heavy atom. The minimum atomic E-state index is -0.350. The summed E-state index contributed by atoms with van der Waals surface area (Å²) < 4.78 is 15.1. The van der Waals surface area contributed by atoms with Crippen LogP contribution >= 0.6 is 0 Å². The highest BCUT2D eigenvalue weighted by Crippen LogP contribution is 2.21. The van der Waals surface area contributed by atoms with Crippen molar-refractivity contribution in [1.82, 2.24) is 14.9 Å². The Hall–Kier alpha value is -2.69. The van der Waals surface area contributed by atoms with Gasteiger partial charge in [-0.05, 0) is 50.2 Å². The number of halogens is 1. The van der Waals surface area contributed by atoms with E-state index in [2.05, 4.69) is 34.8 Å². The van der Waals surface area contributed by atoms with Crippen molar-refractivity contribution in [3.8, 4) is 0 Å². The largest absolute Gasteiger partial charge is 0.352 e. The molecule has 0 fully saturated rings. The number of carbonyl (C=O) groups is 1. The molecule has 1 aromatic heterocycles. The van der Waals surface area contributed by atoms with Crippen molar-refractivity contribution >= 4 is 16.9 Å². The smallest absolute Gasteiger partial charge is 0.251 e. The van der Waals surface area contributed by atoms with E-state index in [1.54, 1.807) is 0 Å². The van der Waals surface area contributed by atoms with Crippen LogP contribution in [0.1, 0.15) is 36.1 Å². The van der Waals surface area contributed by atoms with E-state index in [1.807, 2.05) is 18.2 Å². The number of hydrogen-bond donors (Lipinski definition) is 1. The zero-order valence-corrected chi connectivity index (χ0v) is 13.8. The molecule has 0 aliphatic carbocycles. The van der Waals surface area contributed by atoms with Gasteiger partial charge in [-0.3, -0.25) is 4.79 Å². The van der Waals surface area contributed by atoms with Gasteiger partial charge in [-0.2, -0.15) is 0 Å². The van der Waals surface area contributed by atoms with E-state index in [0.717, 1.165) is 16.9 Å². The molecule has 0 atom stereocenters. The van der Waals surface area contributed by atoms with Crippen LogP contribution in [0.5, 0.6) is 0 Å². The van der Waals surface area contributed by atoms with Crippen LogP contribution in [0.4, 0.5) is 4.39 Å². The highest BCUT2D eigenvalue weighted by atomic mass is 19.1. The zero-order valence-electron chi connectivity index (χ0n) is 13.8. The normalized spacial score (nSPS) is 11.2. The summed E-state index contributed by atoms with van der Waals surface area (Å²) in [5, 5.41) is 2.86. The first kappa shape index (κ1) is 16.2. The average molecular weight is 325 g/mol. The molecule has 4 nitrogen and oxygen atoms in total. The summed E-state index contributed by atoms with van der Waals surface area (Å²) in [4.78, 5) is 16.8. The molecule has 3 rings (SSSR count). The number of fused-ring (bicyclic) bond motifs is 1. The Labute approximate surface area is 140 Å². The fourth-order valence-electron chi connectivity index (χ4n) is 2.84. The third-order valence-electron chi connectivity index (χ3n) is 3.93. The summed E-state index contributed by atoms with van der Waals surface area (Å²) >= 11 is 0. The molecule has 24 heavy (non-hydrogen) atoms. The third-order valence-corrected chi connectivity index (χ3v) is 3.93. The molecule has 3 aromatic rings. The van der Waals surface area contributed by atoms with E-state index in [9.17, 15) is 9.18 Å². The van der Waals surface area contributed by atoms with Crippen molar-refractivity contribution in [2.24, 2.45) is 0 Å². The molecule has 0 spiro atoms. The number of rotatable bonds is 5. The topological polar surface area (TPSA) is 46.9 Å². The quantitative estimate of drug-likeness (QED) is 0.777. The molecule has 5 heteroatoms. The second-order valence-electron chi connectivity index (χ2n) is 5.99. The van der Waals surface area contributed by atoms with E-state index in [0.29, 0.717) is 24.6 Å². The molecule has 0 unspecified atom stereocenters. The lowest BCUT2D eigenvalue weighted by Crippen LogP contribution is -2.26. The Morgan fingerprint density at radius 1 is 1.17 bits per heavy atom. The van der Waals surface area contributed by atoms with Crippen molar-refractivity contribution in [2.45, 2.75) is 26.3 Å². The van der Waals surface area contributed by atoms with Crippen molar-refractivity contribution in [3.63, 3.8) is 0 Å². The maximum Gasteiger partial charge on any atom is 0.251 e. The maximum atomic E-state index is 12.9. The lowest BCUT2D eigenvalue weighted by Gasteiger charge is -2.13. The number of nitrogens with one attached hydrogen (secondary N) is 1. The first-order valence-electron chi connectivity index (χ1n) is 8.06. The molecule has 0 radical (unpaired) electrons. The van der Waals surface area contributed by atoms with E-state index < -0.39 is 0 Å². The fraction of sp³-hybridized carbons (Fsp3) is 0.263. The van der Waals surface area contributed by atoms with Crippen LogP contribution in [0, 0.1) is 5.82 Å². The van der Waals surface area contributed by atoms with Gasteiger partial charge in [-0.1, -0.05) is 12.1 Å². The van der Waals surface area contributed by atoms with Gasteiger partial charge in [0.1, 0.15) is 11.6 Å². The zero-order chi connectivity index (χ0) is 17.1. The lowest BCUT2D eigenvalue weighted by atomic mass is 10.2. The summed E-state index contributed by atoms with van der Waals surface area (Å²) in [6, 6.07) is 13.9. The summed E-state index contributed by atoms with van der Waals surface area (Å²) in [6.07, 6.45) is 0.639. The predicted octanol–water partition coefficient (Wildman–Crippen LogP) is 3.73. The number of amides is 1. The monoisotopic (exact) mass is 325 g/mol. The van der Waals surface area contributed by atoms with E-state index in [1.165, 1.54) is 24.3 Å². The van der Waals surface area contributed by atoms with Crippen molar-refractivity contribution in [3.05, 3.63) is 65.7 Å². The van der Waals surface area contributed by atoms with Gasteiger partial charge in [-0.25, -0.2) is 9.37 Å². The minimum Gasteiger partial charge on any atom is -0.352 e.